The first-order valence-electron chi connectivity index (χ1n) is 6.23. The Morgan fingerprint density at radius 2 is 2.24 bits per heavy atom. The molecule has 1 aromatic heterocycles. The number of ketones is 1. The lowest BCUT2D eigenvalue weighted by Crippen LogP contribution is -2.42. The highest BCUT2D eigenvalue weighted by Gasteiger charge is 2.38. The van der Waals surface area contributed by atoms with E-state index in [4.69, 9.17) is 0 Å². The van der Waals surface area contributed by atoms with Crippen LogP contribution in [0.2, 0.25) is 0 Å². The van der Waals surface area contributed by atoms with Crippen molar-refractivity contribution in [1.29, 1.82) is 0 Å². The topological polar surface area (TPSA) is 55.1 Å². The van der Waals surface area contributed by atoms with Crippen LogP contribution < -0.4 is 0 Å². The fourth-order valence-corrected chi connectivity index (χ4v) is 2.43. The number of aryl methyl sites for hydroxylation is 1. The van der Waals surface area contributed by atoms with Crippen LogP contribution in [-0.4, -0.2) is 26.3 Å². The minimum absolute atomic E-state index is 0.0580. The number of aromatic nitrogens is 2. The number of rotatable bonds is 3. The summed E-state index contributed by atoms with van der Waals surface area (Å²) in [6, 6.07) is 0. The lowest BCUT2D eigenvalue weighted by Gasteiger charge is -2.33. The van der Waals surface area contributed by atoms with Gasteiger partial charge in [-0.2, -0.15) is 5.10 Å². The maximum Gasteiger partial charge on any atom is 0.168 e. The van der Waals surface area contributed by atoms with Crippen LogP contribution in [0.1, 0.15) is 38.2 Å². The molecule has 1 fully saturated rings. The van der Waals surface area contributed by atoms with Crippen molar-refractivity contribution in [2.75, 3.05) is 0 Å². The van der Waals surface area contributed by atoms with E-state index in [1.165, 1.54) is 0 Å². The SMILES string of the molecule is CC1CCC(O)(C(=O)Cc2cnn(C)c2)CC1. The van der Waals surface area contributed by atoms with Gasteiger partial charge in [0.1, 0.15) is 5.60 Å². The lowest BCUT2D eigenvalue weighted by molar-refractivity contribution is -0.140. The van der Waals surface area contributed by atoms with Gasteiger partial charge in [0, 0.05) is 19.7 Å². The summed E-state index contributed by atoms with van der Waals surface area (Å²) in [5, 5.41) is 14.4. The first-order valence-corrected chi connectivity index (χ1v) is 6.23. The van der Waals surface area contributed by atoms with Crippen molar-refractivity contribution in [3.8, 4) is 0 Å². The number of Topliss-reactive ketones (excluding diaryl/α,β-unsaturated/α-hetero) is 1. The molecule has 0 aromatic carbocycles. The van der Waals surface area contributed by atoms with Gasteiger partial charge in [-0.15, -0.1) is 0 Å². The van der Waals surface area contributed by atoms with E-state index >= 15 is 0 Å². The Labute approximate surface area is 102 Å². The van der Waals surface area contributed by atoms with E-state index < -0.39 is 5.60 Å². The van der Waals surface area contributed by atoms with Crippen molar-refractivity contribution < 1.29 is 9.90 Å². The summed E-state index contributed by atoms with van der Waals surface area (Å²) >= 11 is 0. The van der Waals surface area contributed by atoms with Gasteiger partial charge in [0.2, 0.25) is 0 Å². The maximum atomic E-state index is 12.1. The van der Waals surface area contributed by atoms with E-state index in [1.807, 2.05) is 13.2 Å². The lowest BCUT2D eigenvalue weighted by atomic mass is 9.76. The fraction of sp³-hybridized carbons (Fsp3) is 0.692. The Kier molecular flexibility index (Phi) is 3.33. The molecular weight excluding hydrogens is 216 g/mol. The average molecular weight is 236 g/mol. The third kappa shape index (κ3) is 2.75. The van der Waals surface area contributed by atoms with Crippen molar-refractivity contribution in [1.82, 2.24) is 9.78 Å². The molecule has 0 bridgehead atoms. The summed E-state index contributed by atoms with van der Waals surface area (Å²) in [4.78, 5) is 12.1. The molecule has 1 N–H and O–H groups in total. The van der Waals surface area contributed by atoms with Crippen LogP contribution in [0.3, 0.4) is 0 Å². The standard InChI is InChI=1S/C13H20N2O2/c1-10-3-5-13(17,6-4-10)12(16)7-11-8-14-15(2)9-11/h8-10,17H,3-7H2,1-2H3. The molecule has 0 radical (unpaired) electrons. The molecule has 2 rings (SSSR count). The van der Waals surface area contributed by atoms with Gasteiger partial charge in [-0.05, 0) is 37.2 Å². The predicted molar refractivity (Wildman–Crippen MR) is 64.5 cm³/mol. The van der Waals surface area contributed by atoms with E-state index in [0.717, 1.165) is 18.4 Å². The van der Waals surface area contributed by atoms with E-state index in [0.29, 0.717) is 25.2 Å². The van der Waals surface area contributed by atoms with Gasteiger partial charge in [-0.1, -0.05) is 6.92 Å². The van der Waals surface area contributed by atoms with Gasteiger partial charge in [0.25, 0.3) is 0 Å². The van der Waals surface area contributed by atoms with Crippen molar-refractivity contribution >= 4 is 5.78 Å². The molecule has 4 heteroatoms. The van der Waals surface area contributed by atoms with E-state index in [2.05, 4.69) is 12.0 Å². The monoisotopic (exact) mass is 236 g/mol. The molecule has 0 saturated heterocycles. The zero-order valence-electron chi connectivity index (χ0n) is 10.5. The minimum Gasteiger partial charge on any atom is -0.382 e. The second-order valence-corrected chi connectivity index (χ2v) is 5.34. The smallest absolute Gasteiger partial charge is 0.168 e. The summed E-state index contributed by atoms with van der Waals surface area (Å²) < 4.78 is 1.68. The second-order valence-electron chi connectivity index (χ2n) is 5.34. The van der Waals surface area contributed by atoms with E-state index in [9.17, 15) is 9.90 Å². The van der Waals surface area contributed by atoms with Gasteiger partial charge in [-0.3, -0.25) is 9.48 Å². The molecule has 1 aromatic rings. The van der Waals surface area contributed by atoms with Gasteiger partial charge < -0.3 is 5.11 Å². The van der Waals surface area contributed by atoms with Crippen LogP contribution >= 0.6 is 0 Å². The third-order valence-electron chi connectivity index (χ3n) is 3.74. The highest BCUT2D eigenvalue weighted by Crippen LogP contribution is 2.33. The molecule has 4 nitrogen and oxygen atoms in total. The van der Waals surface area contributed by atoms with Crippen molar-refractivity contribution in [2.24, 2.45) is 13.0 Å². The van der Waals surface area contributed by atoms with Crippen LogP contribution in [0.5, 0.6) is 0 Å². The van der Waals surface area contributed by atoms with Crippen LogP contribution in [0.4, 0.5) is 0 Å². The average Bonchev–Trinajstić information content (AvgIpc) is 2.68. The van der Waals surface area contributed by atoms with Gasteiger partial charge in [-0.25, -0.2) is 0 Å². The fourth-order valence-electron chi connectivity index (χ4n) is 2.43. The zero-order valence-corrected chi connectivity index (χ0v) is 10.5. The molecule has 1 aliphatic carbocycles. The third-order valence-corrected chi connectivity index (χ3v) is 3.74. The summed E-state index contributed by atoms with van der Waals surface area (Å²) in [5.41, 5.74) is -0.216. The van der Waals surface area contributed by atoms with Crippen molar-refractivity contribution in [3.63, 3.8) is 0 Å². The highest BCUT2D eigenvalue weighted by molar-refractivity contribution is 5.88. The number of aliphatic hydroxyl groups is 1. The summed E-state index contributed by atoms with van der Waals surface area (Å²) in [6.07, 6.45) is 6.89. The van der Waals surface area contributed by atoms with Crippen LogP contribution in [0.15, 0.2) is 12.4 Å². The number of nitrogens with zero attached hydrogens (tertiary/aromatic N) is 2. The summed E-state index contributed by atoms with van der Waals surface area (Å²) in [6.45, 7) is 2.17. The number of hydrogen-bond acceptors (Lipinski definition) is 3. The summed E-state index contributed by atoms with van der Waals surface area (Å²) in [7, 11) is 1.82. The molecule has 94 valence electrons. The maximum absolute atomic E-state index is 12.1. The normalized spacial score (nSPS) is 29.2. The Bertz CT molecular complexity index is 403. The Balaban J connectivity index is 2.00. The van der Waals surface area contributed by atoms with Crippen LogP contribution in [0.25, 0.3) is 0 Å². The molecular formula is C13H20N2O2. The van der Waals surface area contributed by atoms with Gasteiger partial charge in [0.15, 0.2) is 5.78 Å². The molecule has 1 aliphatic rings. The Morgan fingerprint density at radius 1 is 1.59 bits per heavy atom. The molecule has 0 atom stereocenters. The molecule has 1 heterocycles. The Morgan fingerprint density at radius 3 is 2.76 bits per heavy atom. The Hall–Kier alpha value is -1.16. The van der Waals surface area contributed by atoms with E-state index in [-0.39, 0.29) is 5.78 Å². The van der Waals surface area contributed by atoms with Crippen LogP contribution in [0, 0.1) is 5.92 Å². The van der Waals surface area contributed by atoms with Crippen molar-refractivity contribution in [2.45, 2.75) is 44.6 Å². The number of carbonyl (C=O) groups is 1. The van der Waals surface area contributed by atoms with E-state index in [1.54, 1.807) is 10.9 Å². The molecule has 0 spiro atoms. The second kappa shape index (κ2) is 4.61. The zero-order chi connectivity index (χ0) is 12.5. The van der Waals surface area contributed by atoms with Gasteiger partial charge >= 0.3 is 0 Å². The van der Waals surface area contributed by atoms with Crippen molar-refractivity contribution in [3.05, 3.63) is 18.0 Å². The highest BCUT2D eigenvalue weighted by atomic mass is 16.3. The van der Waals surface area contributed by atoms with Crippen LogP contribution in [-0.2, 0) is 18.3 Å². The summed E-state index contributed by atoms with van der Waals surface area (Å²) in [5.74, 6) is 0.568. The quantitative estimate of drug-likeness (QED) is 0.864. The largest absolute Gasteiger partial charge is 0.382 e. The molecule has 0 unspecified atom stereocenters. The molecule has 0 aliphatic heterocycles. The molecule has 0 amide bonds. The molecule has 1 saturated carbocycles. The first-order chi connectivity index (χ1) is 7.99. The number of carbonyl (C=O) groups excluding carboxylic acids is 1. The van der Waals surface area contributed by atoms with Gasteiger partial charge in [0.05, 0.1) is 6.20 Å². The molecule has 17 heavy (non-hydrogen) atoms. The first kappa shape index (κ1) is 12.3. The predicted octanol–water partition coefficient (Wildman–Crippen LogP) is 1.47. The minimum atomic E-state index is -1.09. The number of hydrogen-bond donors (Lipinski definition) is 1.